The smallest absolute Gasteiger partial charge is 0.215 e. The summed E-state index contributed by atoms with van der Waals surface area (Å²) in [6, 6.07) is 0. The highest BCUT2D eigenvalue weighted by molar-refractivity contribution is 7.60. The van der Waals surface area contributed by atoms with E-state index in [4.69, 9.17) is 0 Å². The normalized spacial score (nSPS) is 32.5. The molecule has 4 atom stereocenters. The van der Waals surface area contributed by atoms with E-state index in [0.717, 1.165) is 77.8 Å². The Balaban J connectivity index is 2.18. The second-order valence-electron chi connectivity index (χ2n) is 7.36. The van der Waals surface area contributed by atoms with Gasteiger partial charge < -0.3 is 9.46 Å². The van der Waals surface area contributed by atoms with E-state index in [-0.39, 0.29) is 0 Å². The highest BCUT2D eigenvalue weighted by Crippen LogP contribution is 2.44. The molecular weight excluding hydrogens is 342 g/mol. The molecule has 8 heteroatoms. The molecule has 2 saturated heterocycles. The van der Waals surface area contributed by atoms with E-state index in [2.05, 4.69) is 25.7 Å². The van der Waals surface area contributed by atoms with Crippen molar-refractivity contribution in [3.63, 3.8) is 0 Å². The number of hydrogen-bond donors (Lipinski definition) is 1. The molecule has 24 heavy (non-hydrogen) atoms. The van der Waals surface area contributed by atoms with Crippen LogP contribution in [0.2, 0.25) is 0 Å². The minimum absolute atomic E-state index is 0.755. The predicted octanol–water partition coefficient (Wildman–Crippen LogP) is 1.62. The molecule has 2 fully saturated rings. The SMILES string of the molecule is CCP(C)(=O)N1CCN2CCN(CC1)CC[N+](=P(C)(O)CC)CC2. The topological polar surface area (TPSA) is 50.0 Å². The lowest BCUT2D eigenvalue weighted by Crippen LogP contribution is -2.38. The molecule has 2 heterocycles. The fraction of sp³-hybridized carbons (Fsp3) is 1.00. The molecule has 2 rings (SSSR count). The van der Waals surface area contributed by atoms with Gasteiger partial charge in [0.2, 0.25) is 7.28 Å². The van der Waals surface area contributed by atoms with Gasteiger partial charge in [0.05, 0.1) is 13.1 Å². The zero-order chi connectivity index (χ0) is 17.8. The highest BCUT2D eigenvalue weighted by Gasteiger charge is 2.28. The third-order valence-corrected chi connectivity index (χ3v) is 11.4. The van der Waals surface area contributed by atoms with Crippen molar-refractivity contribution < 1.29 is 13.8 Å². The maximum Gasteiger partial charge on any atom is 0.215 e. The molecule has 0 aromatic rings. The molecule has 0 aromatic heterocycles. The molecule has 2 aliphatic heterocycles. The summed E-state index contributed by atoms with van der Waals surface area (Å²) in [4.78, 5) is 15.8. The molecule has 1 N–H and O–H groups in total. The summed E-state index contributed by atoms with van der Waals surface area (Å²) in [5.41, 5.74) is 0. The Hall–Kier alpha value is 0.300. The van der Waals surface area contributed by atoms with Crippen LogP contribution in [-0.2, 0) is 4.57 Å². The average molecular weight is 379 g/mol. The molecule has 2 bridgehead atoms. The largest absolute Gasteiger partial charge is 0.328 e. The van der Waals surface area contributed by atoms with Gasteiger partial charge in [-0.15, -0.1) is 0 Å². The molecule has 4 unspecified atom stereocenters. The molecule has 0 spiro atoms. The van der Waals surface area contributed by atoms with Crippen LogP contribution in [-0.4, -0.2) is 115 Å². The molecular formula is C16H37N4O2P2+. The van der Waals surface area contributed by atoms with Crippen molar-refractivity contribution in [2.45, 2.75) is 13.8 Å². The Morgan fingerprint density at radius 3 is 1.71 bits per heavy atom. The Kier molecular flexibility index (Phi) is 7.55. The fourth-order valence-electron chi connectivity index (χ4n) is 3.46. The standard InChI is InChI=1S/C16H36N4O2P2/c1-5-23(3,21)19-13-9-17-7-8-18(10-14-19)12-16-20(15-11-17)24(4,22)6-2/h5-16H2,1-4H3/p+1. The zero-order valence-electron chi connectivity index (χ0n) is 16.0. The third-order valence-electron chi connectivity index (χ3n) is 5.82. The van der Waals surface area contributed by atoms with Crippen molar-refractivity contribution in [3.05, 3.63) is 0 Å². The summed E-state index contributed by atoms with van der Waals surface area (Å²) in [7, 11) is -4.14. The van der Waals surface area contributed by atoms with Crippen LogP contribution < -0.4 is 0 Å². The summed E-state index contributed by atoms with van der Waals surface area (Å²) >= 11 is 0. The number of fused-ring (bicyclic) bond motifs is 3. The molecule has 0 saturated carbocycles. The lowest BCUT2D eigenvalue weighted by Gasteiger charge is -2.31. The lowest BCUT2D eigenvalue weighted by atomic mass is 10.4. The number of hydrogen-bond acceptors (Lipinski definition) is 3. The van der Waals surface area contributed by atoms with Crippen LogP contribution in [0, 0.1) is 0 Å². The first kappa shape index (κ1) is 20.6. The maximum absolute atomic E-state index is 12.9. The Morgan fingerprint density at radius 2 is 1.29 bits per heavy atom. The summed E-state index contributed by atoms with van der Waals surface area (Å²) in [5, 5.41) is 0. The predicted molar refractivity (Wildman–Crippen MR) is 104 cm³/mol. The van der Waals surface area contributed by atoms with E-state index in [1.54, 1.807) is 0 Å². The van der Waals surface area contributed by atoms with Crippen molar-refractivity contribution in [1.29, 1.82) is 0 Å². The van der Waals surface area contributed by atoms with Gasteiger partial charge >= 0.3 is 0 Å². The van der Waals surface area contributed by atoms with Crippen LogP contribution in [0.15, 0.2) is 0 Å². The van der Waals surface area contributed by atoms with Gasteiger partial charge in [0, 0.05) is 64.9 Å². The molecule has 142 valence electrons. The van der Waals surface area contributed by atoms with Gasteiger partial charge in [0.15, 0.2) is 13.1 Å². The minimum Gasteiger partial charge on any atom is -0.328 e. The molecule has 2 aliphatic rings. The molecule has 0 aromatic carbocycles. The molecule has 0 radical (unpaired) electrons. The van der Waals surface area contributed by atoms with Crippen LogP contribution in [0.25, 0.3) is 0 Å². The highest BCUT2D eigenvalue weighted by atomic mass is 31.2. The molecule has 0 amide bonds. The summed E-state index contributed by atoms with van der Waals surface area (Å²) in [6.45, 7) is 17.9. The van der Waals surface area contributed by atoms with E-state index in [1.807, 2.05) is 20.3 Å². The maximum atomic E-state index is 12.9. The fourth-order valence-corrected chi connectivity index (χ4v) is 6.32. The van der Waals surface area contributed by atoms with Crippen LogP contribution in [0.4, 0.5) is 0 Å². The second kappa shape index (κ2) is 8.79. The summed E-state index contributed by atoms with van der Waals surface area (Å²) in [5.74, 6) is 0. The van der Waals surface area contributed by atoms with Gasteiger partial charge in [0.1, 0.15) is 7.29 Å². The molecule has 0 aliphatic carbocycles. The van der Waals surface area contributed by atoms with Crippen molar-refractivity contribution in [2.75, 3.05) is 91.1 Å². The van der Waals surface area contributed by atoms with Gasteiger partial charge in [0.25, 0.3) is 0 Å². The van der Waals surface area contributed by atoms with E-state index < -0.39 is 14.6 Å². The van der Waals surface area contributed by atoms with Crippen molar-refractivity contribution in [1.82, 2.24) is 14.5 Å². The second-order valence-corrected chi connectivity index (χ2v) is 14.0. The Labute approximate surface area is 148 Å². The Morgan fingerprint density at radius 1 is 0.833 bits per heavy atom. The molecule has 6 nitrogen and oxygen atoms in total. The van der Waals surface area contributed by atoms with E-state index >= 15 is 0 Å². The van der Waals surface area contributed by atoms with E-state index in [9.17, 15) is 9.46 Å². The monoisotopic (exact) mass is 379 g/mol. The summed E-state index contributed by atoms with van der Waals surface area (Å²) in [6.07, 6.45) is 1.61. The minimum atomic E-state index is -2.19. The number of nitrogens with zero attached hydrogens (tertiary/aromatic N) is 4. The zero-order valence-corrected chi connectivity index (χ0v) is 17.8. The first-order valence-corrected chi connectivity index (χ1v) is 14.0. The van der Waals surface area contributed by atoms with E-state index in [0.29, 0.717) is 0 Å². The van der Waals surface area contributed by atoms with Crippen molar-refractivity contribution >= 4 is 14.6 Å². The van der Waals surface area contributed by atoms with E-state index in [1.165, 1.54) is 0 Å². The third kappa shape index (κ3) is 5.40. The first-order valence-electron chi connectivity index (χ1n) is 9.39. The lowest BCUT2D eigenvalue weighted by molar-refractivity contribution is -0.512. The van der Waals surface area contributed by atoms with Gasteiger partial charge in [-0.25, -0.2) is 4.33 Å². The summed E-state index contributed by atoms with van der Waals surface area (Å²) < 4.78 is 17.4. The van der Waals surface area contributed by atoms with Crippen LogP contribution in [0.5, 0.6) is 0 Å². The van der Waals surface area contributed by atoms with Crippen molar-refractivity contribution in [3.8, 4) is 0 Å². The Bertz CT molecular complexity index is 498. The average Bonchev–Trinajstić information content (AvgIpc) is 2.71. The van der Waals surface area contributed by atoms with Gasteiger partial charge in [-0.1, -0.05) is 13.8 Å². The number of rotatable bonds is 3. The van der Waals surface area contributed by atoms with Gasteiger partial charge in [-0.05, 0) is 0 Å². The quantitative estimate of drug-likeness (QED) is 0.756. The first-order chi connectivity index (χ1) is 11.3. The van der Waals surface area contributed by atoms with Gasteiger partial charge in [-0.3, -0.25) is 14.5 Å². The van der Waals surface area contributed by atoms with Gasteiger partial charge in [-0.2, -0.15) is 0 Å². The van der Waals surface area contributed by atoms with Crippen LogP contribution in [0.1, 0.15) is 13.8 Å². The van der Waals surface area contributed by atoms with Crippen LogP contribution >= 0.6 is 14.6 Å². The van der Waals surface area contributed by atoms with Crippen LogP contribution in [0.3, 0.4) is 0 Å². The van der Waals surface area contributed by atoms with Crippen molar-refractivity contribution in [2.24, 2.45) is 0 Å².